The molecule has 0 fully saturated rings. The van der Waals surface area contributed by atoms with Gasteiger partial charge in [0.2, 0.25) is 0 Å². The van der Waals surface area contributed by atoms with Gasteiger partial charge < -0.3 is 24.8 Å². The summed E-state index contributed by atoms with van der Waals surface area (Å²) < 4.78 is 8.17. The number of hydrogen-bond acceptors (Lipinski definition) is 1. The molecule has 0 heterocycles. The number of rotatable bonds is 6. The smallest absolute Gasteiger partial charge is 1.00 e. The first-order chi connectivity index (χ1) is 9.95. The molecule has 23 heavy (non-hydrogen) atoms. The van der Waals surface area contributed by atoms with Crippen LogP contribution in [0.15, 0.2) is 45.0 Å². The molecule has 0 N–H and O–H groups in total. The zero-order valence-corrected chi connectivity index (χ0v) is 18.7. The maximum Gasteiger partial charge on any atom is -1.00 e. The van der Waals surface area contributed by atoms with Gasteiger partial charge in [0, 0.05) is 0 Å². The summed E-state index contributed by atoms with van der Waals surface area (Å²) in [4.78, 5) is 0. The topological polar surface area (TPSA) is 9.23 Å². The van der Waals surface area contributed by atoms with Gasteiger partial charge in [0.05, 0.1) is 0 Å². The standard InChI is InChI=1S/C18H27OSi.2ClH.Ti/c1-5-6-15-19-18(14-10-9-11-16(18)2)20(3,4)17-12-7-8-13-17;;;/h7,9-12H,5-6,8,14-15H2,1-4H3;2*1H;/q;;;+2/p-2. The summed E-state index contributed by atoms with van der Waals surface area (Å²) in [5.74, 6) is 0. The average Bonchev–Trinajstić information content (AvgIpc) is 2.88. The second kappa shape index (κ2) is 9.80. The molecule has 1 atom stereocenters. The first-order valence-corrected chi connectivity index (χ1v) is 11.8. The Hall–Kier alpha value is 0.431. The number of ether oxygens (including phenoxy) is 1. The van der Waals surface area contributed by atoms with Crippen molar-refractivity contribution in [2.45, 2.75) is 57.8 Å². The van der Waals surface area contributed by atoms with Crippen LogP contribution in [-0.2, 0) is 25.2 Å². The summed E-state index contributed by atoms with van der Waals surface area (Å²) in [5.41, 5.74) is 1.42. The third-order valence-corrected chi connectivity index (χ3v) is 10.7. The van der Waals surface area contributed by atoms with Crippen LogP contribution < -0.4 is 24.8 Å². The molecular weight excluding hydrogens is 379 g/mol. The van der Waals surface area contributed by atoms with Crippen molar-refractivity contribution in [3.8, 4) is 0 Å². The predicted octanol–water partition coefficient (Wildman–Crippen LogP) is -0.996. The van der Waals surface area contributed by atoms with Gasteiger partial charge in [0.25, 0.3) is 0 Å². The maximum atomic E-state index is 6.62. The van der Waals surface area contributed by atoms with Crippen molar-refractivity contribution in [2.24, 2.45) is 0 Å². The molecule has 0 bridgehead atoms. The van der Waals surface area contributed by atoms with Crippen LogP contribution >= 0.6 is 0 Å². The number of unbranched alkanes of at least 4 members (excludes halogenated alkanes) is 1. The number of hydrogen-bond donors (Lipinski definition) is 0. The van der Waals surface area contributed by atoms with Gasteiger partial charge in [-0.25, -0.2) is 0 Å². The van der Waals surface area contributed by atoms with E-state index in [2.05, 4.69) is 77.8 Å². The van der Waals surface area contributed by atoms with Crippen molar-refractivity contribution in [1.82, 2.24) is 0 Å². The van der Waals surface area contributed by atoms with E-state index >= 15 is 0 Å². The Morgan fingerprint density at radius 3 is 2.48 bits per heavy atom. The molecule has 0 amide bonds. The van der Waals surface area contributed by atoms with Crippen LogP contribution in [0.5, 0.6) is 0 Å². The summed E-state index contributed by atoms with van der Waals surface area (Å²) in [6, 6.07) is 0. The third kappa shape index (κ3) is 4.54. The summed E-state index contributed by atoms with van der Waals surface area (Å²) in [7, 11) is -1.74. The van der Waals surface area contributed by atoms with E-state index in [1.165, 1.54) is 12.0 Å². The summed E-state index contributed by atoms with van der Waals surface area (Å²) in [5, 5.41) is 1.53. The first kappa shape index (κ1) is 23.4. The van der Waals surface area contributed by atoms with Gasteiger partial charge in [0.15, 0.2) is 0 Å². The fourth-order valence-electron chi connectivity index (χ4n) is 3.54. The molecule has 0 saturated carbocycles. The van der Waals surface area contributed by atoms with Crippen molar-refractivity contribution in [2.75, 3.05) is 6.61 Å². The molecule has 2 aliphatic carbocycles. The van der Waals surface area contributed by atoms with Crippen molar-refractivity contribution >= 4 is 8.07 Å². The van der Waals surface area contributed by atoms with Gasteiger partial charge >= 0.3 is 143 Å². The number of allylic oxidation sites excluding steroid dienone is 6. The maximum absolute atomic E-state index is 6.62. The van der Waals surface area contributed by atoms with Gasteiger partial charge in [-0.2, -0.15) is 0 Å². The van der Waals surface area contributed by atoms with Crippen molar-refractivity contribution in [1.29, 1.82) is 0 Å². The van der Waals surface area contributed by atoms with Gasteiger partial charge in [-0.1, -0.05) is 0 Å². The molecule has 0 aromatic carbocycles. The summed E-state index contributed by atoms with van der Waals surface area (Å²) in [6.45, 7) is 10.4. The zero-order chi connectivity index (χ0) is 15.5. The Morgan fingerprint density at radius 2 is 1.96 bits per heavy atom. The van der Waals surface area contributed by atoms with Gasteiger partial charge in [-0.3, -0.25) is 0 Å². The molecule has 0 saturated heterocycles. The SMILES string of the molecule is CCCCOC1([Si](C)(C)C2=[C]([Ti+2])CC=C2)CC=CC=C1C.[Cl-].[Cl-]. The number of halogens is 2. The quantitative estimate of drug-likeness (QED) is 0.407. The molecule has 0 aliphatic heterocycles. The molecule has 5 heteroatoms. The average molecular weight is 406 g/mol. The summed E-state index contributed by atoms with van der Waals surface area (Å²) >= 11 is 2.29. The molecule has 0 radical (unpaired) electrons. The zero-order valence-electron chi connectivity index (χ0n) is 14.6. The Morgan fingerprint density at radius 1 is 1.26 bits per heavy atom. The van der Waals surface area contributed by atoms with E-state index in [-0.39, 0.29) is 30.0 Å². The van der Waals surface area contributed by atoms with Crippen LogP contribution in [0.1, 0.15) is 39.5 Å². The second-order valence-electron chi connectivity index (χ2n) is 6.63. The van der Waals surface area contributed by atoms with E-state index in [1.807, 2.05) is 0 Å². The van der Waals surface area contributed by atoms with Crippen molar-refractivity contribution < 1.29 is 50.0 Å². The van der Waals surface area contributed by atoms with Gasteiger partial charge in [-0.15, -0.1) is 0 Å². The van der Waals surface area contributed by atoms with E-state index < -0.39 is 8.07 Å². The minimum Gasteiger partial charge on any atom is -1.00 e. The van der Waals surface area contributed by atoms with E-state index in [0.717, 1.165) is 25.9 Å². The van der Waals surface area contributed by atoms with Crippen LogP contribution in [0.2, 0.25) is 13.1 Å². The fraction of sp³-hybridized carbons (Fsp3) is 0.556. The molecule has 0 aromatic rings. The Labute approximate surface area is 166 Å². The Bertz CT molecular complexity index is 523. The fourth-order valence-corrected chi connectivity index (χ4v) is 9.31. The molecule has 1 nitrogen and oxygen atoms in total. The van der Waals surface area contributed by atoms with Crippen LogP contribution in [-0.4, -0.2) is 19.9 Å². The molecule has 0 aromatic heterocycles. The second-order valence-corrected chi connectivity index (χ2v) is 12.2. The van der Waals surface area contributed by atoms with E-state index in [0.29, 0.717) is 0 Å². The molecule has 2 rings (SSSR count). The minimum atomic E-state index is -1.74. The summed E-state index contributed by atoms with van der Waals surface area (Å²) in [6.07, 6.45) is 15.9. The first-order valence-electron chi connectivity index (χ1n) is 8.05. The van der Waals surface area contributed by atoms with Crippen LogP contribution in [0.4, 0.5) is 0 Å². The van der Waals surface area contributed by atoms with Gasteiger partial charge in [-0.05, 0) is 0 Å². The molecule has 0 spiro atoms. The van der Waals surface area contributed by atoms with E-state index in [1.54, 1.807) is 9.07 Å². The molecule has 2 aliphatic rings. The van der Waals surface area contributed by atoms with Crippen LogP contribution in [0.3, 0.4) is 0 Å². The van der Waals surface area contributed by atoms with E-state index in [4.69, 9.17) is 4.74 Å². The van der Waals surface area contributed by atoms with Crippen LogP contribution in [0.25, 0.3) is 0 Å². The van der Waals surface area contributed by atoms with E-state index in [9.17, 15) is 0 Å². The van der Waals surface area contributed by atoms with Crippen molar-refractivity contribution in [3.63, 3.8) is 0 Å². The molecule has 127 valence electrons. The van der Waals surface area contributed by atoms with Crippen LogP contribution in [0, 0.1) is 0 Å². The molecule has 1 unspecified atom stereocenters. The Balaban J connectivity index is 0.00000242. The van der Waals surface area contributed by atoms with Crippen molar-refractivity contribution in [3.05, 3.63) is 45.0 Å². The minimum absolute atomic E-state index is 0. The van der Waals surface area contributed by atoms with Gasteiger partial charge in [0.1, 0.15) is 0 Å². The largest absolute Gasteiger partial charge is 1.00 e. The monoisotopic (exact) mass is 405 g/mol. The molecular formula is C18H27Cl2OSiTi. The third-order valence-electron chi connectivity index (χ3n) is 4.99. The Kier molecular flexibility index (Phi) is 9.98. The predicted molar refractivity (Wildman–Crippen MR) is 89.4 cm³/mol. The normalized spacial score (nSPS) is 23.5.